The summed E-state index contributed by atoms with van der Waals surface area (Å²) in [6.45, 7) is 0. The van der Waals surface area contributed by atoms with E-state index in [1.54, 1.807) is 29.8 Å². The van der Waals surface area contributed by atoms with Gasteiger partial charge in [-0.1, -0.05) is 30.3 Å². The molecule has 2 heterocycles. The molecule has 4 aromatic rings. The lowest BCUT2D eigenvalue weighted by molar-refractivity contribution is 0.0972. The highest BCUT2D eigenvalue weighted by atomic mass is 32.2. The maximum Gasteiger partial charge on any atom is 0.208 e. The number of carbonyl (C=O) groups excluding carboxylic acids is 2. The van der Waals surface area contributed by atoms with Crippen LogP contribution in [0.5, 0.6) is 0 Å². The van der Waals surface area contributed by atoms with Crippen LogP contribution >= 0.6 is 0 Å². The van der Waals surface area contributed by atoms with Gasteiger partial charge in [-0.25, -0.2) is 13.4 Å². The molecule has 0 saturated carbocycles. The molecule has 1 aliphatic heterocycles. The number of rotatable bonds is 3. The molecule has 32 heavy (non-hydrogen) atoms. The van der Waals surface area contributed by atoms with Crippen molar-refractivity contribution in [3.05, 3.63) is 89.2 Å². The molecule has 0 spiro atoms. The highest BCUT2D eigenvalue weighted by Gasteiger charge is 2.36. The van der Waals surface area contributed by atoms with Crippen LogP contribution in [-0.4, -0.2) is 29.5 Å². The summed E-state index contributed by atoms with van der Waals surface area (Å²) in [6, 6.07) is 19.1. The van der Waals surface area contributed by atoms with E-state index in [4.69, 9.17) is 0 Å². The Kier molecular flexibility index (Phi) is 4.32. The molecule has 156 valence electrons. The van der Waals surface area contributed by atoms with Crippen LogP contribution in [0.15, 0.2) is 76.5 Å². The molecule has 0 amide bonds. The van der Waals surface area contributed by atoms with Gasteiger partial charge in [0.2, 0.25) is 9.84 Å². The second-order valence-electron chi connectivity index (χ2n) is 7.48. The minimum atomic E-state index is -3.99. The highest BCUT2D eigenvalue weighted by molar-refractivity contribution is 7.91. The van der Waals surface area contributed by atoms with E-state index >= 15 is 0 Å². The predicted octanol–water partition coefficient (Wildman–Crippen LogP) is 3.44. The van der Waals surface area contributed by atoms with Gasteiger partial charge in [-0.3, -0.25) is 9.59 Å². The molecule has 0 fully saturated rings. The van der Waals surface area contributed by atoms with Crippen molar-refractivity contribution in [2.75, 3.05) is 0 Å². The largest absolute Gasteiger partial charge is 0.330 e. The quantitative estimate of drug-likeness (QED) is 0.397. The van der Waals surface area contributed by atoms with Crippen LogP contribution < -0.4 is 0 Å². The molecular formula is C24H15N3O4S. The first-order valence-electron chi connectivity index (χ1n) is 9.72. The molecular weight excluding hydrogens is 426 g/mol. The normalized spacial score (nSPS) is 14.9. The lowest BCUT2D eigenvalue weighted by Crippen LogP contribution is -2.22. The number of Topliss-reactive ketones (excluding diaryl/α,β-unsaturated/α-hetero) is 1. The van der Waals surface area contributed by atoms with Crippen molar-refractivity contribution < 1.29 is 18.0 Å². The summed E-state index contributed by atoms with van der Waals surface area (Å²) < 4.78 is 28.0. The summed E-state index contributed by atoms with van der Waals surface area (Å²) in [7, 11) is -2.28. The van der Waals surface area contributed by atoms with Crippen molar-refractivity contribution in [2.45, 2.75) is 15.7 Å². The summed E-state index contributed by atoms with van der Waals surface area (Å²) in [5.74, 6) is -1.98. The molecule has 0 N–H and O–H groups in total. The molecule has 5 rings (SSSR count). The fraction of sp³-hybridized carbons (Fsp3) is 0.0833. The molecule has 0 saturated heterocycles. The number of ketones is 2. The maximum absolute atomic E-state index is 13.3. The van der Waals surface area contributed by atoms with Crippen molar-refractivity contribution in [2.24, 2.45) is 7.05 Å². The lowest BCUT2D eigenvalue weighted by Gasteiger charge is -2.19. The summed E-state index contributed by atoms with van der Waals surface area (Å²) >= 11 is 0. The van der Waals surface area contributed by atoms with Crippen molar-refractivity contribution in [1.82, 2.24) is 9.55 Å². The Morgan fingerprint density at radius 1 is 1.00 bits per heavy atom. The van der Waals surface area contributed by atoms with Gasteiger partial charge >= 0.3 is 0 Å². The summed E-state index contributed by atoms with van der Waals surface area (Å²) in [6.07, 6.45) is 0. The number of carbonyl (C=O) groups is 2. The topological polar surface area (TPSA) is 110 Å². The number of para-hydroxylation sites is 2. The van der Waals surface area contributed by atoms with Gasteiger partial charge in [0, 0.05) is 23.7 Å². The first kappa shape index (κ1) is 19.8. The smallest absolute Gasteiger partial charge is 0.208 e. The Labute approximate surface area is 183 Å². The minimum absolute atomic E-state index is 0.0106. The highest BCUT2D eigenvalue weighted by Crippen LogP contribution is 2.35. The van der Waals surface area contributed by atoms with Crippen molar-refractivity contribution in [1.29, 1.82) is 5.26 Å². The van der Waals surface area contributed by atoms with Crippen LogP contribution in [0.4, 0.5) is 0 Å². The first-order valence-corrected chi connectivity index (χ1v) is 11.2. The van der Waals surface area contributed by atoms with Gasteiger partial charge in [-0.05, 0) is 36.4 Å². The van der Waals surface area contributed by atoms with E-state index in [0.717, 1.165) is 5.52 Å². The molecule has 1 aromatic heterocycles. The number of fused-ring (bicyclic) bond motifs is 3. The third-order valence-corrected chi connectivity index (χ3v) is 7.54. The van der Waals surface area contributed by atoms with Crippen molar-refractivity contribution in [3.8, 4) is 6.07 Å². The van der Waals surface area contributed by atoms with E-state index in [1.807, 2.05) is 24.3 Å². The zero-order valence-corrected chi connectivity index (χ0v) is 17.6. The minimum Gasteiger partial charge on any atom is -0.330 e. The number of imidazole rings is 1. The van der Waals surface area contributed by atoms with Gasteiger partial charge in [-0.2, -0.15) is 5.26 Å². The van der Waals surface area contributed by atoms with Gasteiger partial charge in [0.1, 0.15) is 5.82 Å². The predicted molar refractivity (Wildman–Crippen MR) is 115 cm³/mol. The van der Waals surface area contributed by atoms with Crippen molar-refractivity contribution >= 4 is 32.4 Å². The number of nitriles is 1. The Hall–Kier alpha value is -4.09. The number of hydrogen-bond donors (Lipinski definition) is 0. The van der Waals surface area contributed by atoms with E-state index in [9.17, 15) is 23.3 Å². The summed E-state index contributed by atoms with van der Waals surface area (Å²) in [5.41, 5.74) is 1.56. The van der Waals surface area contributed by atoms with E-state index in [1.165, 1.54) is 30.3 Å². The summed E-state index contributed by atoms with van der Waals surface area (Å²) in [4.78, 5) is 30.2. The molecule has 1 atom stereocenters. The number of nitrogens with zero attached hydrogens (tertiary/aromatic N) is 3. The molecule has 7 nitrogen and oxygen atoms in total. The second kappa shape index (κ2) is 6.97. The number of benzene rings is 3. The van der Waals surface area contributed by atoms with E-state index < -0.39 is 27.3 Å². The molecule has 0 aliphatic carbocycles. The number of aryl methyl sites for hydroxylation is 1. The van der Waals surface area contributed by atoms with Crippen LogP contribution in [0.2, 0.25) is 0 Å². The third-order valence-electron chi connectivity index (χ3n) is 5.69. The molecule has 3 aromatic carbocycles. The van der Waals surface area contributed by atoms with Gasteiger partial charge in [0.25, 0.3) is 0 Å². The zero-order valence-electron chi connectivity index (χ0n) is 16.8. The van der Waals surface area contributed by atoms with E-state index in [-0.39, 0.29) is 32.3 Å². The van der Waals surface area contributed by atoms with Crippen LogP contribution in [-0.2, 0) is 16.9 Å². The van der Waals surface area contributed by atoms with Gasteiger partial charge in [-0.15, -0.1) is 0 Å². The van der Waals surface area contributed by atoms with Crippen molar-refractivity contribution in [3.63, 3.8) is 0 Å². The molecule has 1 aliphatic rings. The van der Waals surface area contributed by atoms with Crippen LogP contribution in [0.1, 0.15) is 38.0 Å². The molecule has 0 radical (unpaired) electrons. The Bertz CT molecular complexity index is 1610. The van der Waals surface area contributed by atoms with Crippen LogP contribution in [0.25, 0.3) is 11.0 Å². The zero-order chi connectivity index (χ0) is 22.6. The average Bonchev–Trinajstić information content (AvgIpc) is 3.14. The van der Waals surface area contributed by atoms with Gasteiger partial charge < -0.3 is 4.57 Å². The Morgan fingerprint density at radius 2 is 1.69 bits per heavy atom. The fourth-order valence-corrected chi connectivity index (χ4v) is 5.74. The fourth-order valence-electron chi connectivity index (χ4n) is 4.06. The van der Waals surface area contributed by atoms with Gasteiger partial charge in [0.15, 0.2) is 17.5 Å². The Morgan fingerprint density at radius 3 is 2.44 bits per heavy atom. The second-order valence-corrected chi connectivity index (χ2v) is 9.37. The number of aromatic nitrogens is 2. The lowest BCUT2D eigenvalue weighted by atomic mass is 9.95. The van der Waals surface area contributed by atoms with Crippen LogP contribution in [0, 0.1) is 11.3 Å². The average molecular weight is 441 g/mol. The first-order chi connectivity index (χ1) is 15.3. The number of hydrogen-bond acceptors (Lipinski definition) is 6. The molecule has 8 heteroatoms. The third kappa shape index (κ3) is 2.72. The maximum atomic E-state index is 13.3. The Balaban J connectivity index is 1.62. The monoisotopic (exact) mass is 441 g/mol. The molecule has 1 unspecified atom stereocenters. The SMILES string of the molecule is Cn1c(C(C#N)C(=O)c2ccc3c(c2)S(=O)(=O)c2ccccc2C3=O)nc2ccccc21. The molecule has 0 bridgehead atoms. The number of sulfone groups is 1. The summed E-state index contributed by atoms with van der Waals surface area (Å²) in [5, 5.41) is 9.78. The van der Waals surface area contributed by atoms with E-state index in [2.05, 4.69) is 4.98 Å². The standard InChI is InChI=1S/C24H15N3O4S/c1-27-19-8-4-3-7-18(19)26-24(27)17(13-25)22(28)14-10-11-16-21(12-14)32(30,31)20-9-5-2-6-15(20)23(16)29/h2-12,17H,1H3. The van der Waals surface area contributed by atoms with E-state index in [0.29, 0.717) is 5.52 Å². The van der Waals surface area contributed by atoms with Gasteiger partial charge in [0.05, 0.1) is 26.9 Å². The van der Waals surface area contributed by atoms with Crippen LogP contribution in [0.3, 0.4) is 0 Å².